The molecule has 0 aliphatic heterocycles. The maximum atomic E-state index is 9.92. The van der Waals surface area contributed by atoms with Gasteiger partial charge >= 0.3 is 0 Å². The molecule has 0 radical (unpaired) electrons. The Morgan fingerprint density at radius 3 is 2.50 bits per heavy atom. The van der Waals surface area contributed by atoms with Crippen molar-refractivity contribution in [3.05, 3.63) is 29.1 Å². The summed E-state index contributed by atoms with van der Waals surface area (Å²) in [4.78, 5) is 0. The van der Waals surface area contributed by atoms with Gasteiger partial charge in [-0.05, 0) is 33.3 Å². The van der Waals surface area contributed by atoms with E-state index in [0.717, 1.165) is 29.1 Å². The zero-order valence-electron chi connectivity index (χ0n) is 9.33. The first kappa shape index (κ1) is 11.0. The Bertz CT molecular complexity index is 352. The van der Waals surface area contributed by atoms with Gasteiger partial charge in [0.2, 0.25) is 0 Å². The second-order valence-corrected chi connectivity index (χ2v) is 3.65. The first-order valence-electron chi connectivity index (χ1n) is 4.86. The number of hydrogen-bond donors (Lipinski definition) is 1. The van der Waals surface area contributed by atoms with E-state index in [4.69, 9.17) is 0 Å². The smallest absolute Gasteiger partial charge is 0.103 e. The second-order valence-electron chi connectivity index (χ2n) is 3.65. The van der Waals surface area contributed by atoms with Crippen molar-refractivity contribution in [1.82, 2.24) is 9.78 Å². The molecule has 0 bridgehead atoms. The van der Waals surface area contributed by atoms with Crippen LogP contribution in [-0.4, -0.2) is 14.9 Å². The van der Waals surface area contributed by atoms with Crippen LogP contribution in [0.25, 0.3) is 0 Å². The minimum absolute atomic E-state index is 0.588. The first-order valence-corrected chi connectivity index (χ1v) is 4.86. The highest BCUT2D eigenvalue weighted by molar-refractivity contribution is 5.31. The van der Waals surface area contributed by atoms with Gasteiger partial charge in [0.1, 0.15) is 6.10 Å². The Hall–Kier alpha value is -1.09. The molecule has 0 spiro atoms. The zero-order chi connectivity index (χ0) is 10.9. The average molecular weight is 194 g/mol. The van der Waals surface area contributed by atoms with Crippen LogP contribution in [0, 0.1) is 13.8 Å². The van der Waals surface area contributed by atoms with Crippen molar-refractivity contribution in [1.29, 1.82) is 0 Å². The van der Waals surface area contributed by atoms with E-state index in [1.807, 2.05) is 32.4 Å². The molecule has 1 heterocycles. The molecule has 0 aromatic carbocycles. The Labute approximate surface area is 85.1 Å². The monoisotopic (exact) mass is 194 g/mol. The van der Waals surface area contributed by atoms with Gasteiger partial charge in [-0.15, -0.1) is 0 Å². The van der Waals surface area contributed by atoms with Gasteiger partial charge in [-0.1, -0.05) is 6.58 Å². The van der Waals surface area contributed by atoms with E-state index < -0.39 is 6.10 Å². The van der Waals surface area contributed by atoms with Crippen LogP contribution >= 0.6 is 0 Å². The fourth-order valence-electron chi connectivity index (χ4n) is 1.66. The topological polar surface area (TPSA) is 38.1 Å². The summed E-state index contributed by atoms with van der Waals surface area (Å²) in [5.41, 5.74) is 3.58. The molecule has 0 amide bonds. The van der Waals surface area contributed by atoms with Crippen LogP contribution in [0.4, 0.5) is 0 Å². The molecule has 1 atom stereocenters. The first-order chi connectivity index (χ1) is 6.49. The molecule has 1 unspecified atom stereocenters. The summed E-state index contributed by atoms with van der Waals surface area (Å²) in [7, 11) is 0. The minimum atomic E-state index is -0.588. The van der Waals surface area contributed by atoms with Crippen LogP contribution in [-0.2, 0) is 6.54 Å². The largest absolute Gasteiger partial charge is 0.384 e. The molecule has 3 heteroatoms. The Balaban J connectivity index is 3.20. The fourth-order valence-corrected chi connectivity index (χ4v) is 1.66. The summed E-state index contributed by atoms with van der Waals surface area (Å²) < 4.78 is 1.90. The predicted molar refractivity (Wildman–Crippen MR) is 57.1 cm³/mol. The van der Waals surface area contributed by atoms with Crippen molar-refractivity contribution in [3.8, 4) is 0 Å². The van der Waals surface area contributed by atoms with Gasteiger partial charge in [0.05, 0.1) is 5.69 Å². The number of aliphatic hydroxyl groups excluding tert-OH is 1. The highest BCUT2D eigenvalue weighted by Crippen LogP contribution is 2.25. The van der Waals surface area contributed by atoms with E-state index >= 15 is 0 Å². The lowest BCUT2D eigenvalue weighted by Crippen LogP contribution is -2.03. The maximum absolute atomic E-state index is 9.92. The molecule has 78 valence electrons. The van der Waals surface area contributed by atoms with Gasteiger partial charge in [0.25, 0.3) is 0 Å². The molecule has 0 saturated carbocycles. The number of aryl methyl sites for hydroxylation is 2. The standard InChI is InChI=1S/C11H18N2O/c1-6-13-9(5)10(8(4)12-13)11(14)7(2)3/h11,14H,2,6H2,1,3-5H3. The molecule has 0 aliphatic carbocycles. The predicted octanol–water partition coefficient (Wildman–Crippen LogP) is 2.13. The molecule has 1 N–H and O–H groups in total. The van der Waals surface area contributed by atoms with Crippen molar-refractivity contribution in [2.24, 2.45) is 0 Å². The van der Waals surface area contributed by atoms with E-state index in [0.29, 0.717) is 0 Å². The number of nitrogens with zero attached hydrogens (tertiary/aromatic N) is 2. The van der Waals surface area contributed by atoms with Crippen molar-refractivity contribution >= 4 is 0 Å². The molecular weight excluding hydrogens is 176 g/mol. The molecule has 3 nitrogen and oxygen atoms in total. The Kier molecular flexibility index (Phi) is 3.11. The molecule has 1 aromatic rings. The van der Waals surface area contributed by atoms with Crippen molar-refractivity contribution in [3.63, 3.8) is 0 Å². The quantitative estimate of drug-likeness (QED) is 0.748. The molecular formula is C11H18N2O. The summed E-state index contributed by atoms with van der Waals surface area (Å²) in [6, 6.07) is 0. The van der Waals surface area contributed by atoms with Gasteiger partial charge < -0.3 is 5.11 Å². The Morgan fingerprint density at radius 2 is 2.14 bits per heavy atom. The van der Waals surface area contributed by atoms with E-state index in [2.05, 4.69) is 11.7 Å². The third-order valence-electron chi connectivity index (χ3n) is 2.48. The third-order valence-corrected chi connectivity index (χ3v) is 2.48. The number of hydrogen-bond acceptors (Lipinski definition) is 2. The number of aliphatic hydroxyl groups is 1. The summed E-state index contributed by atoms with van der Waals surface area (Å²) >= 11 is 0. The van der Waals surface area contributed by atoms with Crippen molar-refractivity contribution in [2.45, 2.75) is 40.3 Å². The van der Waals surface area contributed by atoms with Crippen LogP contribution in [0.5, 0.6) is 0 Å². The van der Waals surface area contributed by atoms with Crippen LogP contribution in [0.3, 0.4) is 0 Å². The lowest BCUT2D eigenvalue weighted by Gasteiger charge is -2.10. The molecule has 0 saturated heterocycles. The van der Waals surface area contributed by atoms with E-state index in [9.17, 15) is 5.11 Å². The fraction of sp³-hybridized carbons (Fsp3) is 0.545. The van der Waals surface area contributed by atoms with Gasteiger partial charge in [0, 0.05) is 17.8 Å². The lowest BCUT2D eigenvalue weighted by atomic mass is 10.0. The van der Waals surface area contributed by atoms with Crippen LogP contribution < -0.4 is 0 Å². The van der Waals surface area contributed by atoms with Gasteiger partial charge in [0.15, 0.2) is 0 Å². The SMILES string of the molecule is C=C(C)C(O)c1c(C)nn(CC)c1C. The summed E-state index contributed by atoms with van der Waals surface area (Å²) in [6.07, 6.45) is -0.588. The maximum Gasteiger partial charge on any atom is 0.103 e. The molecule has 1 rings (SSSR count). The minimum Gasteiger partial charge on any atom is -0.384 e. The zero-order valence-corrected chi connectivity index (χ0v) is 9.33. The number of aromatic nitrogens is 2. The average Bonchev–Trinajstić information content (AvgIpc) is 2.40. The van der Waals surface area contributed by atoms with Gasteiger partial charge in [-0.25, -0.2) is 0 Å². The molecule has 0 aliphatic rings. The number of rotatable bonds is 3. The van der Waals surface area contributed by atoms with E-state index in [1.165, 1.54) is 0 Å². The van der Waals surface area contributed by atoms with E-state index in [1.54, 1.807) is 0 Å². The summed E-state index contributed by atoms with van der Waals surface area (Å²) in [5.74, 6) is 0. The van der Waals surface area contributed by atoms with Crippen LogP contribution in [0.15, 0.2) is 12.2 Å². The van der Waals surface area contributed by atoms with E-state index in [-0.39, 0.29) is 0 Å². The van der Waals surface area contributed by atoms with Crippen LogP contribution in [0.2, 0.25) is 0 Å². The third kappa shape index (κ3) is 1.73. The summed E-state index contributed by atoms with van der Waals surface area (Å²) in [5, 5.41) is 14.3. The van der Waals surface area contributed by atoms with Gasteiger partial charge in [-0.2, -0.15) is 5.10 Å². The normalized spacial score (nSPS) is 12.9. The highest BCUT2D eigenvalue weighted by atomic mass is 16.3. The molecule has 14 heavy (non-hydrogen) atoms. The Morgan fingerprint density at radius 1 is 1.57 bits per heavy atom. The summed E-state index contributed by atoms with van der Waals surface area (Å²) in [6.45, 7) is 12.3. The lowest BCUT2D eigenvalue weighted by molar-refractivity contribution is 0.214. The highest BCUT2D eigenvalue weighted by Gasteiger charge is 2.18. The van der Waals surface area contributed by atoms with Crippen LogP contribution in [0.1, 0.15) is 36.9 Å². The molecule has 1 aromatic heterocycles. The van der Waals surface area contributed by atoms with Gasteiger partial charge in [-0.3, -0.25) is 4.68 Å². The van der Waals surface area contributed by atoms with Crippen molar-refractivity contribution in [2.75, 3.05) is 0 Å². The second kappa shape index (κ2) is 3.96. The van der Waals surface area contributed by atoms with Crippen molar-refractivity contribution < 1.29 is 5.11 Å². The molecule has 0 fully saturated rings.